The van der Waals surface area contributed by atoms with Crippen LogP contribution in [0.2, 0.25) is 0 Å². The van der Waals surface area contributed by atoms with Gasteiger partial charge in [-0.25, -0.2) is 9.50 Å². The fraction of sp³-hybridized carbons (Fsp3) is 0.167. The molecule has 4 aromatic rings. The number of hydrogen-bond acceptors (Lipinski definition) is 8. The number of benzene rings is 1. The minimum Gasteiger partial charge on any atom is -0.482 e. The molecule has 0 fully saturated rings. The van der Waals surface area contributed by atoms with Crippen LogP contribution >= 0.6 is 11.3 Å². The van der Waals surface area contributed by atoms with E-state index in [0.29, 0.717) is 22.0 Å². The topological polar surface area (TPSA) is 144 Å². The number of rotatable bonds is 7. The SMILES string of the molecule is CC(=O)c1ccc(CNC(=O)c2cc(C(=O)NCc3ccc4c(c3)NC(=O)CO4)nc3ccnn23)s1. The number of nitrogens with one attached hydrogen (secondary N) is 3. The first kappa shape index (κ1) is 23.2. The van der Waals surface area contributed by atoms with Gasteiger partial charge in [0.05, 0.1) is 23.3 Å². The van der Waals surface area contributed by atoms with E-state index in [1.807, 2.05) is 0 Å². The van der Waals surface area contributed by atoms with Crippen molar-refractivity contribution in [3.05, 3.63) is 75.4 Å². The molecule has 3 aromatic heterocycles. The van der Waals surface area contributed by atoms with E-state index in [-0.39, 0.29) is 42.8 Å². The molecule has 0 saturated heterocycles. The lowest BCUT2D eigenvalue weighted by atomic mass is 10.1. The van der Waals surface area contributed by atoms with Gasteiger partial charge in [-0.15, -0.1) is 11.3 Å². The fourth-order valence-corrected chi connectivity index (χ4v) is 4.47. The highest BCUT2D eigenvalue weighted by Gasteiger charge is 2.19. The number of aromatic nitrogens is 3. The Morgan fingerprint density at radius 3 is 2.72 bits per heavy atom. The van der Waals surface area contributed by atoms with Crippen LogP contribution in [0.3, 0.4) is 0 Å². The standard InChI is InChI=1S/C24H20N6O5S/c1-13(31)20-5-3-15(36-20)11-26-24(34)18-9-17(28-21-6-7-27-30(18)21)23(33)25-10-14-2-4-19-16(8-14)29-22(32)12-35-19/h2-9H,10-12H2,1H3,(H,25,33)(H,26,34)(H,29,32). The number of hydrogen-bond donors (Lipinski definition) is 3. The number of carbonyl (C=O) groups excluding carboxylic acids is 4. The third-order valence-electron chi connectivity index (χ3n) is 5.39. The van der Waals surface area contributed by atoms with Crippen LogP contribution in [-0.2, 0) is 17.9 Å². The Morgan fingerprint density at radius 1 is 1.08 bits per heavy atom. The number of anilines is 1. The number of fused-ring (bicyclic) bond motifs is 2. The van der Waals surface area contributed by atoms with E-state index in [1.54, 1.807) is 36.4 Å². The van der Waals surface area contributed by atoms with Crippen molar-refractivity contribution >= 4 is 46.2 Å². The summed E-state index contributed by atoms with van der Waals surface area (Å²) in [5.41, 5.74) is 1.83. The van der Waals surface area contributed by atoms with Crippen LogP contribution < -0.4 is 20.7 Å². The Balaban J connectivity index is 1.30. The van der Waals surface area contributed by atoms with Crippen molar-refractivity contribution in [3.63, 3.8) is 0 Å². The first-order chi connectivity index (χ1) is 17.4. The lowest BCUT2D eigenvalue weighted by Gasteiger charge is -2.18. The Kier molecular flexibility index (Phi) is 6.17. The zero-order valence-corrected chi connectivity index (χ0v) is 19.8. The molecule has 1 aliphatic heterocycles. The third kappa shape index (κ3) is 4.79. The van der Waals surface area contributed by atoms with Crippen molar-refractivity contribution in [2.24, 2.45) is 0 Å². The predicted octanol–water partition coefficient (Wildman–Crippen LogP) is 2.18. The van der Waals surface area contributed by atoms with Crippen LogP contribution in [0.15, 0.2) is 48.7 Å². The molecule has 0 bridgehead atoms. The molecular weight excluding hydrogens is 484 g/mol. The Morgan fingerprint density at radius 2 is 1.92 bits per heavy atom. The van der Waals surface area contributed by atoms with Crippen LogP contribution in [0.1, 0.15) is 48.0 Å². The maximum atomic E-state index is 12.9. The van der Waals surface area contributed by atoms with Crippen molar-refractivity contribution in [2.45, 2.75) is 20.0 Å². The molecule has 0 saturated carbocycles. The summed E-state index contributed by atoms with van der Waals surface area (Å²) in [4.78, 5) is 54.6. The number of ether oxygens (including phenoxy) is 1. The highest BCUT2D eigenvalue weighted by molar-refractivity contribution is 7.14. The van der Waals surface area contributed by atoms with Crippen LogP contribution in [0, 0.1) is 0 Å². The van der Waals surface area contributed by atoms with E-state index in [2.05, 4.69) is 26.0 Å². The highest BCUT2D eigenvalue weighted by atomic mass is 32.1. The zero-order chi connectivity index (χ0) is 25.2. The summed E-state index contributed by atoms with van der Waals surface area (Å²) in [5.74, 6) is -0.632. The predicted molar refractivity (Wildman–Crippen MR) is 130 cm³/mol. The molecule has 3 amide bonds. The van der Waals surface area contributed by atoms with Crippen molar-refractivity contribution in [1.82, 2.24) is 25.2 Å². The number of carbonyl (C=O) groups is 4. The molecule has 36 heavy (non-hydrogen) atoms. The smallest absolute Gasteiger partial charge is 0.270 e. The van der Waals surface area contributed by atoms with Crippen LogP contribution in [0.4, 0.5) is 5.69 Å². The monoisotopic (exact) mass is 504 g/mol. The molecule has 3 N–H and O–H groups in total. The molecule has 0 aliphatic carbocycles. The van der Waals surface area contributed by atoms with Gasteiger partial charge in [-0.2, -0.15) is 5.10 Å². The van der Waals surface area contributed by atoms with E-state index in [1.165, 1.54) is 35.0 Å². The Bertz CT molecular complexity index is 1520. The van der Waals surface area contributed by atoms with E-state index in [0.717, 1.165) is 10.4 Å². The molecule has 5 rings (SSSR count). The molecule has 0 radical (unpaired) electrons. The summed E-state index contributed by atoms with van der Waals surface area (Å²) in [7, 11) is 0. The van der Waals surface area contributed by atoms with Gasteiger partial charge in [0.1, 0.15) is 17.1 Å². The summed E-state index contributed by atoms with van der Waals surface area (Å²) < 4.78 is 6.70. The van der Waals surface area contributed by atoms with E-state index < -0.39 is 11.8 Å². The molecule has 1 aliphatic rings. The second kappa shape index (κ2) is 9.58. The summed E-state index contributed by atoms with van der Waals surface area (Å²) >= 11 is 1.31. The van der Waals surface area contributed by atoms with Crippen LogP contribution in [0.25, 0.3) is 5.65 Å². The summed E-state index contributed by atoms with van der Waals surface area (Å²) in [5, 5.41) is 12.4. The molecule has 0 unspecified atom stereocenters. The first-order valence-electron chi connectivity index (χ1n) is 10.9. The van der Waals surface area contributed by atoms with E-state index in [4.69, 9.17) is 4.74 Å². The number of thiophene rings is 1. The molecule has 0 spiro atoms. The number of amides is 3. The molecule has 182 valence electrons. The summed E-state index contributed by atoms with van der Waals surface area (Å²) in [6, 6.07) is 11.7. The van der Waals surface area contributed by atoms with Gasteiger partial charge >= 0.3 is 0 Å². The van der Waals surface area contributed by atoms with Gasteiger partial charge in [0, 0.05) is 23.6 Å². The van der Waals surface area contributed by atoms with E-state index in [9.17, 15) is 19.2 Å². The van der Waals surface area contributed by atoms with Crippen molar-refractivity contribution in [2.75, 3.05) is 11.9 Å². The Labute approximate surface area is 208 Å². The van der Waals surface area contributed by atoms with Gasteiger partial charge in [0.25, 0.3) is 17.7 Å². The van der Waals surface area contributed by atoms with Crippen molar-refractivity contribution < 1.29 is 23.9 Å². The van der Waals surface area contributed by atoms with Gasteiger partial charge in [-0.3, -0.25) is 19.2 Å². The third-order valence-corrected chi connectivity index (χ3v) is 6.57. The number of nitrogens with zero attached hydrogens (tertiary/aromatic N) is 3. The average Bonchev–Trinajstić information content (AvgIpc) is 3.54. The minimum atomic E-state index is -0.477. The maximum Gasteiger partial charge on any atom is 0.270 e. The van der Waals surface area contributed by atoms with Gasteiger partial charge < -0.3 is 20.7 Å². The first-order valence-corrected chi connectivity index (χ1v) is 11.8. The maximum absolute atomic E-state index is 12.9. The lowest BCUT2D eigenvalue weighted by Crippen LogP contribution is -2.28. The van der Waals surface area contributed by atoms with Crippen molar-refractivity contribution in [3.8, 4) is 5.75 Å². The quantitative estimate of drug-likeness (QED) is 0.327. The van der Waals surface area contributed by atoms with E-state index >= 15 is 0 Å². The fourth-order valence-electron chi connectivity index (χ4n) is 3.62. The number of Topliss-reactive ketones (excluding diaryl/α,β-unsaturated/α-hetero) is 1. The molecule has 4 heterocycles. The average molecular weight is 505 g/mol. The molecule has 0 atom stereocenters. The second-order valence-electron chi connectivity index (χ2n) is 7.98. The Hall–Kier alpha value is -4.58. The summed E-state index contributed by atoms with van der Waals surface area (Å²) in [6.07, 6.45) is 1.49. The second-order valence-corrected chi connectivity index (χ2v) is 9.15. The minimum absolute atomic E-state index is 0.0332. The summed E-state index contributed by atoms with van der Waals surface area (Å²) in [6.45, 7) is 1.85. The normalized spacial score (nSPS) is 12.4. The molecular formula is C24H20N6O5S. The largest absolute Gasteiger partial charge is 0.482 e. The lowest BCUT2D eigenvalue weighted by molar-refractivity contribution is -0.118. The van der Waals surface area contributed by atoms with Gasteiger partial charge in [0.2, 0.25) is 0 Å². The van der Waals surface area contributed by atoms with Gasteiger partial charge in [-0.1, -0.05) is 6.07 Å². The highest BCUT2D eigenvalue weighted by Crippen LogP contribution is 2.28. The number of ketones is 1. The molecule has 11 nitrogen and oxygen atoms in total. The van der Waals surface area contributed by atoms with Gasteiger partial charge in [0.15, 0.2) is 18.0 Å². The van der Waals surface area contributed by atoms with Gasteiger partial charge in [-0.05, 0) is 36.8 Å². The zero-order valence-electron chi connectivity index (χ0n) is 19.0. The van der Waals surface area contributed by atoms with Crippen molar-refractivity contribution in [1.29, 1.82) is 0 Å². The molecule has 12 heteroatoms. The van der Waals surface area contributed by atoms with Crippen LogP contribution in [-0.4, -0.2) is 44.7 Å². The molecule has 1 aromatic carbocycles. The van der Waals surface area contributed by atoms with Crippen LogP contribution in [0.5, 0.6) is 5.75 Å².